The van der Waals surface area contributed by atoms with Gasteiger partial charge in [0.15, 0.2) is 5.82 Å². The fourth-order valence-corrected chi connectivity index (χ4v) is 1.18. The third-order valence-electron chi connectivity index (χ3n) is 1.60. The maximum Gasteiger partial charge on any atom is 0.242 e. The Balaban J connectivity index is 2.08. The van der Waals surface area contributed by atoms with Crippen molar-refractivity contribution in [1.82, 2.24) is 15.2 Å². The van der Waals surface area contributed by atoms with Gasteiger partial charge in [0.1, 0.15) is 6.10 Å². The van der Waals surface area contributed by atoms with Crippen LogP contribution in [0.15, 0.2) is 0 Å². The van der Waals surface area contributed by atoms with E-state index in [0.29, 0.717) is 25.6 Å². The van der Waals surface area contributed by atoms with Gasteiger partial charge in [0.05, 0.1) is 19.8 Å². The lowest BCUT2D eigenvalue weighted by atomic mass is 10.3. The predicted molar refractivity (Wildman–Crippen MR) is 40.9 cm³/mol. The first-order chi connectivity index (χ1) is 5.86. The predicted octanol–water partition coefficient (Wildman–Crippen LogP) is 0.546. The smallest absolute Gasteiger partial charge is 0.242 e. The molecule has 0 saturated carbocycles. The largest absolute Gasteiger partial charge is 0.376 e. The molecule has 1 atom stereocenters. The first kappa shape index (κ1) is 7.97. The van der Waals surface area contributed by atoms with E-state index in [4.69, 9.17) is 21.1 Å². The van der Waals surface area contributed by atoms with Crippen molar-refractivity contribution in [1.29, 1.82) is 0 Å². The summed E-state index contributed by atoms with van der Waals surface area (Å²) in [6.45, 7) is 1.73. The zero-order valence-corrected chi connectivity index (χ0v) is 7.04. The Morgan fingerprint density at radius 1 is 1.50 bits per heavy atom. The van der Waals surface area contributed by atoms with Gasteiger partial charge in [-0.05, 0) is 11.6 Å². The van der Waals surface area contributed by atoms with E-state index in [9.17, 15) is 0 Å². The summed E-state index contributed by atoms with van der Waals surface area (Å²) in [4.78, 5) is 3.93. The van der Waals surface area contributed by atoms with Gasteiger partial charge >= 0.3 is 0 Å². The van der Waals surface area contributed by atoms with Crippen LogP contribution in [0.5, 0.6) is 0 Å². The summed E-state index contributed by atoms with van der Waals surface area (Å²) in [6.07, 6.45) is -0.154. The Labute approximate surface area is 74.0 Å². The summed E-state index contributed by atoms with van der Waals surface area (Å²) in [6, 6.07) is 0. The molecule has 1 aromatic heterocycles. The van der Waals surface area contributed by atoms with E-state index in [1.165, 1.54) is 0 Å². The number of nitrogens with zero attached hydrogens (tertiary/aromatic N) is 2. The lowest BCUT2D eigenvalue weighted by Gasteiger charge is -2.20. The molecule has 1 aliphatic heterocycles. The summed E-state index contributed by atoms with van der Waals surface area (Å²) < 4.78 is 10.5. The average Bonchev–Trinajstić information content (AvgIpc) is 2.54. The second-order valence-electron chi connectivity index (χ2n) is 2.42. The molecule has 0 radical (unpaired) electrons. The van der Waals surface area contributed by atoms with Gasteiger partial charge in [0, 0.05) is 0 Å². The summed E-state index contributed by atoms with van der Waals surface area (Å²) >= 11 is 5.53. The second-order valence-corrected chi connectivity index (χ2v) is 2.76. The topological polar surface area (TPSA) is 60.0 Å². The van der Waals surface area contributed by atoms with Crippen molar-refractivity contribution < 1.29 is 9.47 Å². The van der Waals surface area contributed by atoms with Gasteiger partial charge in [-0.15, -0.1) is 5.10 Å². The highest BCUT2D eigenvalue weighted by atomic mass is 35.5. The number of rotatable bonds is 1. The van der Waals surface area contributed by atoms with Crippen molar-refractivity contribution in [2.45, 2.75) is 6.10 Å². The van der Waals surface area contributed by atoms with E-state index in [1.54, 1.807) is 0 Å². The molecular weight excluding hydrogens is 182 g/mol. The van der Waals surface area contributed by atoms with E-state index in [0.717, 1.165) is 0 Å². The third kappa shape index (κ3) is 1.57. The zero-order chi connectivity index (χ0) is 8.39. The van der Waals surface area contributed by atoms with Crippen molar-refractivity contribution in [2.24, 2.45) is 0 Å². The number of H-pyrrole nitrogens is 1. The SMILES string of the molecule is Clc1n[nH]c(C2COCCO2)n1. The highest BCUT2D eigenvalue weighted by molar-refractivity contribution is 6.28. The Kier molecular flexibility index (Phi) is 2.25. The van der Waals surface area contributed by atoms with Crippen LogP contribution in [0.1, 0.15) is 11.9 Å². The van der Waals surface area contributed by atoms with Crippen LogP contribution >= 0.6 is 11.6 Å². The van der Waals surface area contributed by atoms with Crippen molar-refractivity contribution >= 4 is 11.6 Å². The van der Waals surface area contributed by atoms with Gasteiger partial charge in [-0.1, -0.05) is 0 Å². The lowest BCUT2D eigenvalue weighted by molar-refractivity contribution is -0.0934. The fourth-order valence-electron chi connectivity index (χ4n) is 1.04. The average molecular weight is 190 g/mol. The molecular formula is C6H8ClN3O2. The molecule has 0 amide bonds. The van der Waals surface area contributed by atoms with Gasteiger partial charge in [-0.25, -0.2) is 0 Å². The van der Waals surface area contributed by atoms with Crippen molar-refractivity contribution in [3.05, 3.63) is 11.1 Å². The van der Waals surface area contributed by atoms with Crippen LogP contribution in [-0.2, 0) is 9.47 Å². The highest BCUT2D eigenvalue weighted by Gasteiger charge is 2.19. The van der Waals surface area contributed by atoms with Crippen LogP contribution in [0.3, 0.4) is 0 Å². The number of ether oxygens (including phenoxy) is 2. The maximum absolute atomic E-state index is 5.53. The summed E-state index contributed by atoms with van der Waals surface area (Å²) in [5, 5.41) is 6.57. The maximum atomic E-state index is 5.53. The van der Waals surface area contributed by atoms with Crippen LogP contribution in [-0.4, -0.2) is 35.0 Å². The molecule has 1 aliphatic rings. The molecule has 0 aromatic carbocycles. The van der Waals surface area contributed by atoms with E-state index in [2.05, 4.69) is 15.2 Å². The molecule has 5 nitrogen and oxygen atoms in total. The van der Waals surface area contributed by atoms with Crippen molar-refractivity contribution in [3.63, 3.8) is 0 Å². The summed E-state index contributed by atoms with van der Waals surface area (Å²) in [5.74, 6) is 0.625. The molecule has 6 heteroatoms. The molecule has 12 heavy (non-hydrogen) atoms. The van der Waals surface area contributed by atoms with E-state index in [1.807, 2.05) is 0 Å². The second kappa shape index (κ2) is 3.38. The zero-order valence-electron chi connectivity index (χ0n) is 6.29. The van der Waals surface area contributed by atoms with Gasteiger partial charge in [0.2, 0.25) is 5.28 Å². The number of halogens is 1. The normalized spacial score (nSPS) is 24.2. The molecule has 1 fully saturated rings. The van der Waals surface area contributed by atoms with Crippen LogP contribution in [0.25, 0.3) is 0 Å². The molecule has 0 aliphatic carbocycles. The van der Waals surface area contributed by atoms with Crippen LogP contribution in [0.2, 0.25) is 5.28 Å². The van der Waals surface area contributed by atoms with Crippen LogP contribution < -0.4 is 0 Å². The third-order valence-corrected chi connectivity index (χ3v) is 1.77. The van der Waals surface area contributed by atoms with Gasteiger partial charge in [-0.3, -0.25) is 5.10 Å². The van der Waals surface area contributed by atoms with E-state index < -0.39 is 0 Å². The number of nitrogens with one attached hydrogen (secondary N) is 1. The molecule has 0 spiro atoms. The van der Waals surface area contributed by atoms with Gasteiger partial charge in [0.25, 0.3) is 0 Å². The van der Waals surface area contributed by atoms with E-state index in [-0.39, 0.29) is 11.4 Å². The Morgan fingerprint density at radius 2 is 2.42 bits per heavy atom. The molecule has 2 heterocycles. The molecule has 0 bridgehead atoms. The van der Waals surface area contributed by atoms with Crippen LogP contribution in [0.4, 0.5) is 0 Å². The first-order valence-electron chi connectivity index (χ1n) is 3.63. The monoisotopic (exact) mass is 189 g/mol. The fraction of sp³-hybridized carbons (Fsp3) is 0.667. The van der Waals surface area contributed by atoms with Gasteiger partial charge in [-0.2, -0.15) is 4.98 Å². The Bertz CT molecular complexity index is 259. The number of aromatic amines is 1. The Hall–Kier alpha value is -0.650. The molecule has 1 N–H and O–H groups in total. The highest BCUT2D eigenvalue weighted by Crippen LogP contribution is 2.17. The molecule has 2 rings (SSSR count). The minimum atomic E-state index is -0.154. The Morgan fingerprint density at radius 3 is 3.00 bits per heavy atom. The molecule has 1 aromatic rings. The van der Waals surface area contributed by atoms with Crippen molar-refractivity contribution in [2.75, 3.05) is 19.8 Å². The minimum absolute atomic E-state index is 0.154. The molecule has 1 unspecified atom stereocenters. The van der Waals surface area contributed by atoms with Gasteiger partial charge < -0.3 is 9.47 Å². The summed E-state index contributed by atoms with van der Waals surface area (Å²) in [5.41, 5.74) is 0. The quantitative estimate of drug-likeness (QED) is 0.701. The first-order valence-corrected chi connectivity index (χ1v) is 4.01. The number of hydrogen-bond donors (Lipinski definition) is 1. The number of hydrogen-bond acceptors (Lipinski definition) is 4. The minimum Gasteiger partial charge on any atom is -0.376 e. The summed E-state index contributed by atoms with van der Waals surface area (Å²) in [7, 11) is 0. The number of aromatic nitrogens is 3. The van der Waals surface area contributed by atoms with E-state index >= 15 is 0 Å². The van der Waals surface area contributed by atoms with Crippen molar-refractivity contribution in [3.8, 4) is 0 Å². The molecule has 1 saturated heterocycles. The standard InChI is InChI=1S/C6H8ClN3O2/c7-6-8-5(9-10-6)4-3-11-1-2-12-4/h4H,1-3H2,(H,8,9,10). The van der Waals surface area contributed by atoms with Crippen LogP contribution in [0, 0.1) is 0 Å². The molecule has 66 valence electrons. The lowest BCUT2D eigenvalue weighted by Crippen LogP contribution is -2.22.